The first-order valence-corrected chi connectivity index (χ1v) is 9.79. The average Bonchev–Trinajstić information content (AvgIpc) is 2.82. The molecule has 1 aliphatic heterocycles. The van der Waals surface area contributed by atoms with Crippen molar-refractivity contribution < 1.29 is 4.79 Å². The number of hydrogen-bond acceptors (Lipinski definition) is 4. The van der Waals surface area contributed by atoms with Gasteiger partial charge in [0.2, 0.25) is 5.91 Å². The molecule has 1 amide bonds. The summed E-state index contributed by atoms with van der Waals surface area (Å²) >= 11 is 1.54. The molecule has 1 aromatic heterocycles. The van der Waals surface area contributed by atoms with Crippen LogP contribution < -0.4 is 5.32 Å². The van der Waals surface area contributed by atoms with Gasteiger partial charge in [0.25, 0.3) is 0 Å². The van der Waals surface area contributed by atoms with Gasteiger partial charge in [0.05, 0.1) is 5.25 Å². The third-order valence-corrected chi connectivity index (χ3v) is 5.41. The van der Waals surface area contributed by atoms with Crippen molar-refractivity contribution in [1.82, 2.24) is 14.8 Å². The summed E-state index contributed by atoms with van der Waals surface area (Å²) in [4.78, 5) is 11.9. The zero-order chi connectivity index (χ0) is 16.9. The number of nitrogens with one attached hydrogen (secondary N) is 1. The molecule has 0 aliphatic carbocycles. The van der Waals surface area contributed by atoms with Crippen LogP contribution >= 0.6 is 11.8 Å². The molecule has 1 aliphatic rings. The number of nitrogens with zero attached hydrogens (tertiary/aromatic N) is 3. The van der Waals surface area contributed by atoms with Crippen molar-refractivity contribution in [1.29, 1.82) is 0 Å². The van der Waals surface area contributed by atoms with Crippen LogP contribution in [0.15, 0.2) is 24.3 Å². The van der Waals surface area contributed by atoms with Gasteiger partial charge in [0.15, 0.2) is 0 Å². The lowest BCUT2D eigenvalue weighted by Crippen LogP contribution is -2.21. The van der Waals surface area contributed by atoms with E-state index in [0.717, 1.165) is 36.7 Å². The highest BCUT2D eigenvalue weighted by Gasteiger charge is 2.15. The Morgan fingerprint density at radius 1 is 1.25 bits per heavy atom. The van der Waals surface area contributed by atoms with Crippen LogP contribution in [0.5, 0.6) is 0 Å². The highest BCUT2D eigenvalue weighted by molar-refractivity contribution is 7.99. The Balaban J connectivity index is 1.66. The maximum absolute atomic E-state index is 11.9. The van der Waals surface area contributed by atoms with Crippen LogP contribution in [0, 0.1) is 0 Å². The molecule has 0 spiro atoms. The molecule has 5 nitrogen and oxygen atoms in total. The summed E-state index contributed by atoms with van der Waals surface area (Å²) in [6.07, 6.45) is 7.44. The molecule has 3 rings (SSSR count). The second-order valence-electron chi connectivity index (χ2n) is 6.24. The van der Waals surface area contributed by atoms with E-state index in [1.165, 1.54) is 24.8 Å². The molecule has 2 heterocycles. The number of fused-ring (bicyclic) bond motifs is 1. The first kappa shape index (κ1) is 17.0. The average molecular weight is 344 g/mol. The van der Waals surface area contributed by atoms with E-state index in [-0.39, 0.29) is 11.2 Å². The van der Waals surface area contributed by atoms with E-state index < -0.39 is 0 Å². The number of amides is 1. The van der Waals surface area contributed by atoms with Crippen molar-refractivity contribution in [3.8, 4) is 0 Å². The van der Waals surface area contributed by atoms with Gasteiger partial charge < -0.3 is 9.88 Å². The Morgan fingerprint density at radius 3 is 2.79 bits per heavy atom. The lowest BCUT2D eigenvalue weighted by Gasteiger charge is -2.10. The van der Waals surface area contributed by atoms with Crippen molar-refractivity contribution in [3.63, 3.8) is 0 Å². The monoisotopic (exact) mass is 344 g/mol. The van der Waals surface area contributed by atoms with Gasteiger partial charge in [-0.15, -0.1) is 10.2 Å². The van der Waals surface area contributed by atoms with Crippen LogP contribution in [0.3, 0.4) is 0 Å². The number of benzene rings is 1. The number of aromatic nitrogens is 3. The van der Waals surface area contributed by atoms with Gasteiger partial charge in [0.1, 0.15) is 11.6 Å². The Hall–Kier alpha value is -1.82. The van der Waals surface area contributed by atoms with E-state index in [2.05, 4.69) is 32.2 Å². The van der Waals surface area contributed by atoms with Crippen LogP contribution in [0.25, 0.3) is 0 Å². The fourth-order valence-electron chi connectivity index (χ4n) is 2.92. The quantitative estimate of drug-likeness (QED) is 0.904. The number of carbonyl (C=O) groups excluding carboxylic acids is 1. The lowest BCUT2D eigenvalue weighted by molar-refractivity contribution is -0.115. The fourth-order valence-corrected chi connectivity index (χ4v) is 3.19. The predicted molar refractivity (Wildman–Crippen MR) is 98.4 cm³/mol. The van der Waals surface area contributed by atoms with Gasteiger partial charge in [-0.2, -0.15) is 11.8 Å². The number of hydrogen-bond donors (Lipinski definition) is 1. The minimum Gasteiger partial charge on any atom is -0.325 e. The van der Waals surface area contributed by atoms with E-state index in [1.54, 1.807) is 11.8 Å². The highest BCUT2D eigenvalue weighted by Crippen LogP contribution is 2.18. The summed E-state index contributed by atoms with van der Waals surface area (Å²) in [6.45, 7) is 2.93. The first-order chi connectivity index (χ1) is 11.7. The molecule has 1 unspecified atom stereocenters. The molecule has 1 aromatic carbocycles. The van der Waals surface area contributed by atoms with Gasteiger partial charge in [-0.3, -0.25) is 4.79 Å². The second-order valence-corrected chi connectivity index (χ2v) is 7.41. The molecule has 2 aromatic rings. The van der Waals surface area contributed by atoms with Gasteiger partial charge in [-0.05, 0) is 43.7 Å². The summed E-state index contributed by atoms with van der Waals surface area (Å²) in [6, 6.07) is 8.02. The maximum atomic E-state index is 11.9. The van der Waals surface area contributed by atoms with Crippen molar-refractivity contribution in [2.45, 2.75) is 50.8 Å². The molecule has 0 saturated heterocycles. The zero-order valence-electron chi connectivity index (χ0n) is 14.3. The van der Waals surface area contributed by atoms with E-state index in [1.807, 2.05) is 25.3 Å². The molecule has 128 valence electrons. The Kier molecular flexibility index (Phi) is 5.56. The summed E-state index contributed by atoms with van der Waals surface area (Å²) in [5, 5.41) is 11.6. The largest absolute Gasteiger partial charge is 0.325 e. The minimum absolute atomic E-state index is 0.0398. The predicted octanol–water partition coefficient (Wildman–Crippen LogP) is 3.29. The van der Waals surface area contributed by atoms with Gasteiger partial charge in [0, 0.05) is 25.1 Å². The van der Waals surface area contributed by atoms with Gasteiger partial charge in [-0.1, -0.05) is 18.6 Å². The van der Waals surface area contributed by atoms with Crippen LogP contribution in [0.4, 0.5) is 5.69 Å². The van der Waals surface area contributed by atoms with E-state index in [4.69, 9.17) is 0 Å². The normalized spacial score (nSPS) is 15.4. The van der Waals surface area contributed by atoms with Crippen LogP contribution in [0.1, 0.15) is 43.4 Å². The molecule has 1 atom stereocenters. The SMILES string of the molecule is CSC(C)C(=O)Nc1ccc(Cc2nnc3n2CCCCC3)cc1. The van der Waals surface area contributed by atoms with E-state index in [0.29, 0.717) is 0 Å². The molecule has 0 radical (unpaired) electrons. The van der Waals surface area contributed by atoms with Crippen LogP contribution in [-0.2, 0) is 24.2 Å². The number of rotatable bonds is 5. The van der Waals surface area contributed by atoms with Crippen molar-refractivity contribution in [3.05, 3.63) is 41.5 Å². The molecule has 1 N–H and O–H groups in total. The first-order valence-electron chi connectivity index (χ1n) is 8.51. The van der Waals surface area contributed by atoms with E-state index >= 15 is 0 Å². The fraction of sp³-hybridized carbons (Fsp3) is 0.500. The maximum Gasteiger partial charge on any atom is 0.237 e. The van der Waals surface area contributed by atoms with Crippen molar-refractivity contribution in [2.75, 3.05) is 11.6 Å². The van der Waals surface area contributed by atoms with E-state index in [9.17, 15) is 4.79 Å². The highest BCUT2D eigenvalue weighted by atomic mass is 32.2. The standard InChI is InChI=1S/C18H24N4OS/c1-13(24-2)18(23)19-15-9-7-14(8-10-15)12-17-21-20-16-6-4-3-5-11-22(16)17/h7-10,13H,3-6,11-12H2,1-2H3,(H,19,23). The topological polar surface area (TPSA) is 59.8 Å². The molecule has 0 bridgehead atoms. The van der Waals surface area contributed by atoms with Crippen LogP contribution in [0.2, 0.25) is 0 Å². The van der Waals surface area contributed by atoms with Crippen LogP contribution in [-0.4, -0.2) is 32.2 Å². The molecule has 0 saturated carbocycles. The van der Waals surface area contributed by atoms with Crippen molar-refractivity contribution in [2.24, 2.45) is 0 Å². The number of thioether (sulfide) groups is 1. The molecular weight excluding hydrogens is 320 g/mol. The third kappa shape index (κ3) is 3.98. The molecule has 0 fully saturated rings. The summed E-state index contributed by atoms with van der Waals surface area (Å²) in [5.41, 5.74) is 2.02. The number of anilines is 1. The Morgan fingerprint density at radius 2 is 2.04 bits per heavy atom. The van der Waals surface area contributed by atoms with Gasteiger partial charge >= 0.3 is 0 Å². The molecular formula is C18H24N4OS. The smallest absolute Gasteiger partial charge is 0.237 e. The Labute approximate surface area is 147 Å². The van der Waals surface area contributed by atoms with Gasteiger partial charge in [-0.25, -0.2) is 0 Å². The Bertz CT molecular complexity index is 696. The lowest BCUT2D eigenvalue weighted by atomic mass is 10.1. The third-order valence-electron chi connectivity index (χ3n) is 4.49. The summed E-state index contributed by atoms with van der Waals surface area (Å²) in [7, 11) is 0. The zero-order valence-corrected chi connectivity index (χ0v) is 15.1. The van der Waals surface area contributed by atoms with Crippen molar-refractivity contribution >= 4 is 23.4 Å². The summed E-state index contributed by atoms with van der Waals surface area (Å²) < 4.78 is 2.28. The number of aryl methyl sites for hydroxylation is 1. The molecule has 24 heavy (non-hydrogen) atoms. The minimum atomic E-state index is -0.0453. The summed E-state index contributed by atoms with van der Waals surface area (Å²) in [5.74, 6) is 2.20. The molecule has 6 heteroatoms. The second kappa shape index (κ2) is 7.83. The number of carbonyl (C=O) groups is 1.